The zero-order chi connectivity index (χ0) is 15.1. The largest absolute Gasteiger partial charge is 0.480 e. The van der Waals surface area contributed by atoms with Gasteiger partial charge < -0.3 is 20.8 Å². The van der Waals surface area contributed by atoms with E-state index in [-0.39, 0.29) is 18.8 Å². The zero-order valence-electron chi connectivity index (χ0n) is 10.9. The third-order valence-corrected chi connectivity index (χ3v) is 2.57. The quantitative estimate of drug-likeness (QED) is 0.576. The number of benzene rings is 1. The number of carboxylic acids is 1. The van der Waals surface area contributed by atoms with Gasteiger partial charge in [0.2, 0.25) is 0 Å². The number of aliphatic hydroxyl groups excluding tert-OH is 1. The summed E-state index contributed by atoms with van der Waals surface area (Å²) in [6, 6.07) is 4.34. The second-order valence-corrected chi connectivity index (χ2v) is 4.14. The van der Waals surface area contributed by atoms with Crippen molar-refractivity contribution in [2.75, 3.05) is 11.9 Å². The summed E-state index contributed by atoms with van der Waals surface area (Å²) in [5.41, 5.74) is 0.945. The van der Waals surface area contributed by atoms with Gasteiger partial charge in [0.05, 0.1) is 0 Å². The van der Waals surface area contributed by atoms with Crippen LogP contribution in [0.25, 0.3) is 0 Å². The molecule has 0 spiro atoms. The number of aliphatic carboxylic acids is 1. The van der Waals surface area contributed by atoms with E-state index in [4.69, 9.17) is 10.2 Å². The van der Waals surface area contributed by atoms with Gasteiger partial charge in [0.25, 0.3) is 0 Å². The Morgan fingerprint density at radius 3 is 2.25 bits per heavy atom. The molecule has 1 rings (SSSR count). The molecular weight excluding hydrogens is 264 g/mol. The van der Waals surface area contributed by atoms with Crippen LogP contribution < -0.4 is 10.6 Å². The maximum Gasteiger partial charge on any atom is 0.326 e. The van der Waals surface area contributed by atoms with E-state index < -0.39 is 18.0 Å². The van der Waals surface area contributed by atoms with E-state index in [9.17, 15) is 14.4 Å². The normalized spacial score (nSPS) is 11.5. The number of urea groups is 1. The fraction of sp³-hybridized carbons (Fsp3) is 0.308. The van der Waals surface area contributed by atoms with E-state index in [2.05, 4.69) is 10.6 Å². The number of amides is 2. The molecule has 4 N–H and O–H groups in total. The molecule has 1 aromatic rings. The van der Waals surface area contributed by atoms with E-state index in [0.29, 0.717) is 11.3 Å². The average Bonchev–Trinajstić information content (AvgIpc) is 2.38. The van der Waals surface area contributed by atoms with Gasteiger partial charge in [-0.05, 0) is 31.2 Å². The molecular formula is C13H16N2O5. The van der Waals surface area contributed by atoms with E-state index in [1.807, 2.05) is 0 Å². The topological polar surface area (TPSA) is 116 Å². The van der Waals surface area contributed by atoms with Crippen LogP contribution in [-0.4, -0.2) is 40.6 Å². The van der Waals surface area contributed by atoms with Crippen molar-refractivity contribution in [3.63, 3.8) is 0 Å². The lowest BCUT2D eigenvalue weighted by Crippen LogP contribution is -2.43. The number of carbonyl (C=O) groups excluding carboxylic acids is 2. The van der Waals surface area contributed by atoms with Crippen molar-refractivity contribution >= 4 is 23.5 Å². The number of carbonyl (C=O) groups is 3. The first kappa shape index (κ1) is 15.6. The SMILES string of the molecule is CC(=O)c1ccc(NC(=O)N[C@@H](CCO)C(=O)O)cc1. The van der Waals surface area contributed by atoms with Crippen LogP contribution in [0.4, 0.5) is 10.5 Å². The zero-order valence-corrected chi connectivity index (χ0v) is 10.9. The summed E-state index contributed by atoms with van der Waals surface area (Å²) in [7, 11) is 0. The fourth-order valence-electron chi connectivity index (χ4n) is 1.50. The Balaban J connectivity index is 2.61. The van der Waals surface area contributed by atoms with Crippen molar-refractivity contribution < 1.29 is 24.6 Å². The summed E-state index contributed by atoms with van der Waals surface area (Å²) < 4.78 is 0. The fourth-order valence-corrected chi connectivity index (χ4v) is 1.50. The molecule has 0 saturated heterocycles. The van der Waals surface area contributed by atoms with Crippen molar-refractivity contribution in [2.24, 2.45) is 0 Å². The van der Waals surface area contributed by atoms with Gasteiger partial charge in [-0.2, -0.15) is 0 Å². The van der Waals surface area contributed by atoms with Crippen molar-refractivity contribution in [1.29, 1.82) is 0 Å². The molecule has 1 aromatic carbocycles. The Morgan fingerprint density at radius 2 is 1.80 bits per heavy atom. The highest BCUT2D eigenvalue weighted by Gasteiger charge is 2.19. The Labute approximate surface area is 115 Å². The first-order valence-electron chi connectivity index (χ1n) is 5.96. The van der Waals surface area contributed by atoms with Crippen LogP contribution in [0, 0.1) is 0 Å². The second-order valence-electron chi connectivity index (χ2n) is 4.14. The average molecular weight is 280 g/mol. The van der Waals surface area contributed by atoms with Gasteiger partial charge in [-0.15, -0.1) is 0 Å². The highest BCUT2D eigenvalue weighted by Crippen LogP contribution is 2.10. The lowest BCUT2D eigenvalue weighted by Gasteiger charge is -2.14. The number of aliphatic hydroxyl groups is 1. The molecule has 0 fully saturated rings. The molecule has 7 nitrogen and oxygen atoms in total. The number of rotatable bonds is 6. The van der Waals surface area contributed by atoms with Crippen LogP contribution in [0.5, 0.6) is 0 Å². The number of nitrogens with one attached hydrogen (secondary N) is 2. The highest BCUT2D eigenvalue weighted by molar-refractivity contribution is 5.95. The number of carboxylic acid groups (broad SMARTS) is 1. The lowest BCUT2D eigenvalue weighted by atomic mass is 10.1. The summed E-state index contributed by atoms with van der Waals surface area (Å²) in [5.74, 6) is -1.31. The van der Waals surface area contributed by atoms with E-state index in [0.717, 1.165) is 0 Å². The van der Waals surface area contributed by atoms with Gasteiger partial charge in [0, 0.05) is 24.3 Å². The van der Waals surface area contributed by atoms with Crippen LogP contribution >= 0.6 is 0 Å². The minimum atomic E-state index is -1.22. The summed E-state index contributed by atoms with van der Waals surface area (Å²) in [4.78, 5) is 33.5. The monoisotopic (exact) mass is 280 g/mol. The molecule has 0 aliphatic carbocycles. The van der Waals surface area contributed by atoms with Crippen LogP contribution in [-0.2, 0) is 4.79 Å². The van der Waals surface area contributed by atoms with Crippen molar-refractivity contribution in [1.82, 2.24) is 5.32 Å². The Hall–Kier alpha value is -2.41. The van der Waals surface area contributed by atoms with Gasteiger partial charge in [0.1, 0.15) is 6.04 Å². The maximum absolute atomic E-state index is 11.6. The van der Waals surface area contributed by atoms with Gasteiger partial charge in [-0.1, -0.05) is 0 Å². The lowest BCUT2D eigenvalue weighted by molar-refractivity contribution is -0.139. The molecule has 0 bridgehead atoms. The first-order chi connectivity index (χ1) is 9.43. The highest BCUT2D eigenvalue weighted by atomic mass is 16.4. The summed E-state index contributed by atoms with van der Waals surface area (Å²) in [6.45, 7) is 1.09. The van der Waals surface area contributed by atoms with Crippen molar-refractivity contribution in [3.8, 4) is 0 Å². The standard InChI is InChI=1S/C13H16N2O5/c1-8(17)9-2-4-10(5-3-9)14-13(20)15-11(6-7-16)12(18)19/h2-5,11,16H,6-7H2,1H3,(H,18,19)(H2,14,15,20)/t11-/m0/s1. The first-order valence-corrected chi connectivity index (χ1v) is 5.96. The molecule has 1 atom stereocenters. The van der Waals surface area contributed by atoms with Gasteiger partial charge in [-0.25, -0.2) is 9.59 Å². The van der Waals surface area contributed by atoms with E-state index in [1.54, 1.807) is 12.1 Å². The summed E-state index contributed by atoms with van der Waals surface area (Å²) in [6.07, 6.45) is -0.0774. The minimum Gasteiger partial charge on any atom is -0.480 e. The Kier molecular flexibility index (Phi) is 5.67. The molecule has 0 aliphatic rings. The van der Waals surface area contributed by atoms with Crippen LogP contribution in [0.3, 0.4) is 0 Å². The van der Waals surface area contributed by atoms with E-state index >= 15 is 0 Å². The van der Waals surface area contributed by atoms with E-state index in [1.165, 1.54) is 19.1 Å². The molecule has 7 heteroatoms. The maximum atomic E-state index is 11.6. The van der Waals surface area contributed by atoms with Crippen LogP contribution in [0.15, 0.2) is 24.3 Å². The predicted molar refractivity (Wildman–Crippen MR) is 71.7 cm³/mol. The molecule has 108 valence electrons. The Morgan fingerprint density at radius 1 is 1.20 bits per heavy atom. The predicted octanol–water partition coefficient (Wildman–Crippen LogP) is 0.846. The molecule has 2 amide bonds. The van der Waals surface area contributed by atoms with Gasteiger partial charge >= 0.3 is 12.0 Å². The van der Waals surface area contributed by atoms with Crippen molar-refractivity contribution in [3.05, 3.63) is 29.8 Å². The second kappa shape index (κ2) is 7.25. The number of anilines is 1. The van der Waals surface area contributed by atoms with Crippen LogP contribution in [0.1, 0.15) is 23.7 Å². The smallest absolute Gasteiger partial charge is 0.326 e. The number of hydrogen-bond donors (Lipinski definition) is 4. The van der Waals surface area contributed by atoms with Gasteiger partial charge in [-0.3, -0.25) is 4.79 Å². The Bertz CT molecular complexity index is 498. The number of hydrogen-bond acceptors (Lipinski definition) is 4. The molecule has 0 radical (unpaired) electrons. The molecule has 0 saturated carbocycles. The minimum absolute atomic E-state index is 0.0774. The molecule has 0 aromatic heterocycles. The molecule has 0 aliphatic heterocycles. The third kappa shape index (κ3) is 4.69. The van der Waals surface area contributed by atoms with Crippen molar-refractivity contribution in [2.45, 2.75) is 19.4 Å². The number of ketones is 1. The third-order valence-electron chi connectivity index (χ3n) is 2.57. The summed E-state index contributed by atoms with van der Waals surface area (Å²) >= 11 is 0. The molecule has 0 heterocycles. The van der Waals surface area contributed by atoms with Crippen LogP contribution in [0.2, 0.25) is 0 Å². The molecule has 20 heavy (non-hydrogen) atoms. The number of Topliss-reactive ketones (excluding diaryl/α,β-unsaturated/α-hetero) is 1. The summed E-state index contributed by atoms with van der Waals surface area (Å²) in [5, 5.41) is 22.2. The molecule has 0 unspecified atom stereocenters. The van der Waals surface area contributed by atoms with Gasteiger partial charge in [0.15, 0.2) is 5.78 Å².